The van der Waals surface area contributed by atoms with Crippen molar-refractivity contribution in [1.29, 1.82) is 0 Å². The lowest BCUT2D eigenvalue weighted by Crippen LogP contribution is -2.83. The van der Waals surface area contributed by atoms with E-state index >= 15 is 0 Å². The van der Waals surface area contributed by atoms with Crippen LogP contribution in [0.4, 0.5) is 0 Å². The van der Waals surface area contributed by atoms with Crippen LogP contribution >= 0.6 is 0 Å². The lowest BCUT2D eigenvalue weighted by Gasteiger charge is -2.10. The zero-order valence-corrected chi connectivity index (χ0v) is 11.8. The number of benzene rings is 1. The van der Waals surface area contributed by atoms with Crippen LogP contribution in [0.25, 0.3) is 0 Å². The predicted octanol–water partition coefficient (Wildman–Crippen LogP) is 1.23. The van der Waals surface area contributed by atoms with Crippen LogP contribution in [0.2, 0.25) is 0 Å². The van der Waals surface area contributed by atoms with Gasteiger partial charge in [-0.05, 0) is 24.3 Å². The van der Waals surface area contributed by atoms with E-state index in [4.69, 9.17) is 18.6 Å². The normalized spacial score (nSPS) is 16.5. The van der Waals surface area contributed by atoms with Crippen LogP contribution < -0.4 is 14.8 Å². The second-order valence-corrected chi connectivity index (χ2v) is 4.61. The van der Waals surface area contributed by atoms with Crippen LogP contribution in [-0.2, 0) is 11.3 Å². The molecule has 6 heteroatoms. The highest BCUT2D eigenvalue weighted by Gasteiger charge is 2.38. The largest absolute Gasteiger partial charge is 0.493 e. The summed E-state index contributed by atoms with van der Waals surface area (Å²) in [5.74, 6) is 1.34. The lowest BCUT2D eigenvalue weighted by atomic mass is 10.1. The van der Waals surface area contributed by atoms with Crippen molar-refractivity contribution in [2.24, 2.45) is 0 Å². The number of carbonyl (C=O) groups excluding carboxylic acids is 1. The molecule has 1 aromatic carbocycles. The molecule has 1 aliphatic rings. The first-order chi connectivity index (χ1) is 10.2. The van der Waals surface area contributed by atoms with E-state index in [-0.39, 0.29) is 0 Å². The number of ether oxygens (including phenoxy) is 3. The highest BCUT2D eigenvalue weighted by Crippen LogP contribution is 2.39. The average molecular weight is 290 g/mol. The van der Waals surface area contributed by atoms with E-state index in [1.165, 1.54) is 14.2 Å². The molecule has 1 aromatic heterocycles. The number of hydrogen-bond acceptors (Lipinski definition) is 5. The van der Waals surface area contributed by atoms with Crippen molar-refractivity contribution < 1.29 is 28.7 Å². The molecular formula is C15H16NO5+. The molecule has 2 heterocycles. The molecule has 0 saturated heterocycles. The molecule has 0 saturated carbocycles. The van der Waals surface area contributed by atoms with Crippen LogP contribution in [0.15, 0.2) is 34.9 Å². The van der Waals surface area contributed by atoms with Crippen LogP contribution in [0.1, 0.15) is 27.9 Å². The first kappa shape index (κ1) is 13.5. The van der Waals surface area contributed by atoms with E-state index < -0.39 is 12.2 Å². The molecule has 1 atom stereocenters. The number of quaternary nitrogens is 1. The SMILES string of the molecule is COc1ccc2c(c1OC)C(=O)O[C@@H]2[NH2+]Cc1ccco1. The van der Waals surface area contributed by atoms with E-state index in [1.54, 1.807) is 12.3 Å². The summed E-state index contributed by atoms with van der Waals surface area (Å²) in [6, 6.07) is 7.30. The van der Waals surface area contributed by atoms with Gasteiger partial charge in [0.15, 0.2) is 17.3 Å². The van der Waals surface area contributed by atoms with Gasteiger partial charge in [0.05, 0.1) is 26.0 Å². The van der Waals surface area contributed by atoms with Crippen molar-refractivity contribution in [2.75, 3.05) is 14.2 Å². The highest BCUT2D eigenvalue weighted by atomic mass is 16.6. The summed E-state index contributed by atoms with van der Waals surface area (Å²) >= 11 is 0. The van der Waals surface area contributed by atoms with E-state index in [9.17, 15) is 4.79 Å². The van der Waals surface area contributed by atoms with Gasteiger partial charge in [-0.2, -0.15) is 0 Å². The van der Waals surface area contributed by atoms with Gasteiger partial charge >= 0.3 is 5.97 Å². The molecule has 21 heavy (non-hydrogen) atoms. The Bertz CT molecular complexity index is 650. The van der Waals surface area contributed by atoms with Crippen molar-refractivity contribution in [2.45, 2.75) is 12.8 Å². The van der Waals surface area contributed by atoms with Gasteiger partial charge in [-0.3, -0.25) is 0 Å². The third-order valence-corrected chi connectivity index (χ3v) is 3.44. The van der Waals surface area contributed by atoms with E-state index in [0.29, 0.717) is 23.6 Å². The molecule has 110 valence electrons. The minimum atomic E-state index is -0.405. The first-order valence-electron chi connectivity index (χ1n) is 6.56. The van der Waals surface area contributed by atoms with Gasteiger partial charge in [0.1, 0.15) is 12.1 Å². The number of furan rings is 1. The Morgan fingerprint density at radius 1 is 1.24 bits per heavy atom. The summed E-state index contributed by atoms with van der Waals surface area (Å²) in [5.41, 5.74) is 1.21. The van der Waals surface area contributed by atoms with Gasteiger partial charge in [0.2, 0.25) is 0 Å². The summed E-state index contributed by atoms with van der Waals surface area (Å²) < 4.78 is 21.2. The Balaban J connectivity index is 1.87. The maximum Gasteiger partial charge on any atom is 0.347 e. The number of rotatable bonds is 5. The third-order valence-electron chi connectivity index (χ3n) is 3.44. The van der Waals surface area contributed by atoms with Gasteiger partial charge in [-0.1, -0.05) is 0 Å². The van der Waals surface area contributed by atoms with Gasteiger partial charge in [-0.25, -0.2) is 4.79 Å². The molecule has 0 spiro atoms. The van der Waals surface area contributed by atoms with Crippen molar-refractivity contribution in [1.82, 2.24) is 0 Å². The van der Waals surface area contributed by atoms with Gasteiger partial charge in [-0.15, -0.1) is 0 Å². The van der Waals surface area contributed by atoms with Crippen molar-refractivity contribution in [3.63, 3.8) is 0 Å². The summed E-state index contributed by atoms with van der Waals surface area (Å²) in [4.78, 5) is 12.1. The number of fused-ring (bicyclic) bond motifs is 1. The Kier molecular flexibility index (Phi) is 3.53. The molecule has 0 fully saturated rings. The zero-order chi connectivity index (χ0) is 14.8. The summed E-state index contributed by atoms with van der Waals surface area (Å²) in [5, 5.41) is 1.90. The number of cyclic esters (lactones) is 1. The molecule has 2 N–H and O–H groups in total. The Morgan fingerprint density at radius 3 is 2.76 bits per heavy atom. The molecule has 3 rings (SSSR count). The number of methoxy groups -OCH3 is 2. The van der Waals surface area contributed by atoms with E-state index in [2.05, 4.69) is 0 Å². The number of esters is 1. The molecule has 0 unspecified atom stereocenters. The lowest BCUT2D eigenvalue weighted by molar-refractivity contribution is -0.742. The molecule has 0 radical (unpaired) electrons. The maximum absolute atomic E-state index is 12.1. The fraction of sp³-hybridized carbons (Fsp3) is 0.267. The summed E-state index contributed by atoms with van der Waals surface area (Å²) in [6.07, 6.45) is 1.21. The fourth-order valence-electron chi connectivity index (χ4n) is 2.45. The Labute approximate surface area is 121 Å². The maximum atomic E-state index is 12.1. The highest BCUT2D eigenvalue weighted by molar-refractivity contribution is 5.97. The van der Waals surface area contributed by atoms with Gasteiger partial charge in [0.25, 0.3) is 6.23 Å². The molecule has 0 amide bonds. The van der Waals surface area contributed by atoms with Crippen LogP contribution in [0, 0.1) is 0 Å². The van der Waals surface area contributed by atoms with Crippen molar-refractivity contribution in [3.8, 4) is 11.5 Å². The van der Waals surface area contributed by atoms with Gasteiger partial charge < -0.3 is 23.9 Å². The quantitative estimate of drug-likeness (QED) is 0.838. The average Bonchev–Trinajstić information content (AvgIpc) is 3.12. The first-order valence-corrected chi connectivity index (χ1v) is 6.56. The topological polar surface area (TPSA) is 74.5 Å². The van der Waals surface area contributed by atoms with E-state index in [0.717, 1.165) is 11.3 Å². The number of carbonyl (C=O) groups is 1. The number of hydrogen-bond donors (Lipinski definition) is 1. The van der Waals surface area contributed by atoms with Crippen molar-refractivity contribution in [3.05, 3.63) is 47.4 Å². The Hall–Kier alpha value is -2.47. The van der Waals surface area contributed by atoms with Gasteiger partial charge in [0, 0.05) is 0 Å². The standard InChI is InChI=1S/C15H15NO5/c1-18-11-6-5-10-12(13(11)19-2)15(17)21-14(10)16-8-9-4-3-7-20-9/h3-7,14,16H,8H2,1-2H3/p+1/t14-/m0/s1. The third kappa shape index (κ3) is 2.34. The molecule has 0 bridgehead atoms. The summed E-state index contributed by atoms with van der Waals surface area (Å²) in [6.45, 7) is 0.582. The summed E-state index contributed by atoms with van der Waals surface area (Å²) in [7, 11) is 3.04. The molecular weight excluding hydrogens is 274 g/mol. The predicted molar refractivity (Wildman–Crippen MR) is 72.0 cm³/mol. The molecule has 1 aliphatic heterocycles. The fourth-order valence-corrected chi connectivity index (χ4v) is 2.45. The van der Waals surface area contributed by atoms with Crippen LogP contribution in [0.5, 0.6) is 11.5 Å². The molecule has 0 aliphatic carbocycles. The monoisotopic (exact) mass is 290 g/mol. The van der Waals surface area contributed by atoms with Crippen molar-refractivity contribution >= 4 is 5.97 Å². The van der Waals surface area contributed by atoms with Crippen LogP contribution in [-0.4, -0.2) is 20.2 Å². The van der Waals surface area contributed by atoms with Crippen LogP contribution in [0.3, 0.4) is 0 Å². The smallest absolute Gasteiger partial charge is 0.347 e. The zero-order valence-electron chi connectivity index (χ0n) is 11.8. The minimum Gasteiger partial charge on any atom is -0.493 e. The second-order valence-electron chi connectivity index (χ2n) is 4.61. The Morgan fingerprint density at radius 2 is 2.10 bits per heavy atom. The number of nitrogens with two attached hydrogens (primary N) is 1. The molecule has 2 aromatic rings. The second kappa shape index (κ2) is 5.49. The van der Waals surface area contributed by atoms with E-state index in [1.807, 2.05) is 23.5 Å². The minimum absolute atomic E-state index is 0.401. The molecule has 6 nitrogen and oxygen atoms in total.